The summed E-state index contributed by atoms with van der Waals surface area (Å²) in [6.07, 6.45) is 4.72. The molecule has 1 aromatic rings. The van der Waals surface area contributed by atoms with Crippen molar-refractivity contribution in [3.63, 3.8) is 0 Å². The van der Waals surface area contributed by atoms with Crippen molar-refractivity contribution >= 4 is 5.91 Å². The Bertz CT molecular complexity index is 346. The first kappa shape index (κ1) is 12.7. The molecule has 0 aromatic carbocycles. The van der Waals surface area contributed by atoms with E-state index in [2.05, 4.69) is 10.4 Å². The number of hydrogen-bond acceptors (Lipinski definition) is 3. The van der Waals surface area contributed by atoms with Gasteiger partial charge in [-0.1, -0.05) is 0 Å². The number of likely N-dealkylation sites (N-methyl/N-ethyl adjacent to an activating group) is 1. The van der Waals surface area contributed by atoms with Gasteiger partial charge in [0, 0.05) is 33.9 Å². The van der Waals surface area contributed by atoms with Gasteiger partial charge in [-0.2, -0.15) is 5.10 Å². The Balaban J connectivity index is 2.28. The summed E-state index contributed by atoms with van der Waals surface area (Å²) in [5.41, 5.74) is 1.18. The van der Waals surface area contributed by atoms with Crippen LogP contribution in [0.1, 0.15) is 12.5 Å². The quantitative estimate of drug-likeness (QED) is 0.767. The number of hydrogen-bond donors (Lipinski definition) is 1. The molecule has 16 heavy (non-hydrogen) atoms. The first-order valence-electron chi connectivity index (χ1n) is 5.42. The Morgan fingerprint density at radius 1 is 1.62 bits per heavy atom. The van der Waals surface area contributed by atoms with Gasteiger partial charge in [0.25, 0.3) is 0 Å². The van der Waals surface area contributed by atoms with E-state index < -0.39 is 0 Å². The maximum atomic E-state index is 11.5. The summed E-state index contributed by atoms with van der Waals surface area (Å²) in [5.74, 6) is 0.103. The maximum absolute atomic E-state index is 11.5. The smallest absolute Gasteiger partial charge is 0.238 e. The molecule has 1 atom stereocenters. The van der Waals surface area contributed by atoms with Gasteiger partial charge in [0.2, 0.25) is 5.91 Å². The average molecular weight is 224 g/mol. The number of carbonyl (C=O) groups is 1. The van der Waals surface area contributed by atoms with Crippen LogP contribution in [0.25, 0.3) is 0 Å². The lowest BCUT2D eigenvalue weighted by Crippen LogP contribution is -2.42. The zero-order chi connectivity index (χ0) is 12.1. The van der Waals surface area contributed by atoms with Crippen molar-refractivity contribution in [2.24, 2.45) is 7.05 Å². The Morgan fingerprint density at radius 2 is 2.31 bits per heavy atom. The summed E-state index contributed by atoms with van der Waals surface area (Å²) in [6.45, 7) is 2.66. The molecule has 0 saturated heterocycles. The molecule has 1 amide bonds. The van der Waals surface area contributed by atoms with E-state index in [9.17, 15) is 4.79 Å². The number of nitrogens with zero attached hydrogens (tertiary/aromatic N) is 3. The molecule has 90 valence electrons. The molecule has 1 rings (SSSR count). The van der Waals surface area contributed by atoms with Gasteiger partial charge < -0.3 is 10.2 Å². The van der Waals surface area contributed by atoms with Crippen LogP contribution in [0.15, 0.2) is 12.4 Å². The largest absolute Gasteiger partial charge is 0.347 e. The number of rotatable bonds is 5. The number of carbonyl (C=O) groups excluding carboxylic acids is 1. The van der Waals surface area contributed by atoms with Crippen molar-refractivity contribution in [2.75, 3.05) is 20.6 Å². The molecule has 0 aliphatic carbocycles. The van der Waals surface area contributed by atoms with Crippen LogP contribution in [0.4, 0.5) is 0 Å². The van der Waals surface area contributed by atoms with Gasteiger partial charge in [-0.15, -0.1) is 0 Å². The summed E-state index contributed by atoms with van der Waals surface area (Å²) >= 11 is 0. The van der Waals surface area contributed by atoms with Crippen LogP contribution in [0, 0.1) is 0 Å². The van der Waals surface area contributed by atoms with E-state index in [-0.39, 0.29) is 11.9 Å². The standard InChI is InChI=1S/C11H20N4O/c1-9(11(16)14(2)3)12-6-5-10-7-13-15(4)8-10/h7-9,12H,5-6H2,1-4H3. The average Bonchev–Trinajstić information content (AvgIpc) is 2.62. The molecule has 0 aliphatic heterocycles. The van der Waals surface area contributed by atoms with Crippen LogP contribution >= 0.6 is 0 Å². The fraction of sp³-hybridized carbons (Fsp3) is 0.636. The van der Waals surface area contributed by atoms with E-state index in [4.69, 9.17) is 0 Å². The lowest BCUT2D eigenvalue weighted by atomic mass is 10.2. The number of nitrogens with one attached hydrogen (secondary N) is 1. The molecule has 0 aliphatic rings. The monoisotopic (exact) mass is 224 g/mol. The molecule has 0 radical (unpaired) electrons. The molecule has 0 spiro atoms. The zero-order valence-corrected chi connectivity index (χ0v) is 10.4. The molecular formula is C11H20N4O. The highest BCUT2D eigenvalue weighted by Gasteiger charge is 2.13. The molecule has 1 heterocycles. The Morgan fingerprint density at radius 3 is 2.81 bits per heavy atom. The predicted molar refractivity (Wildman–Crippen MR) is 63.1 cm³/mol. The van der Waals surface area contributed by atoms with Gasteiger partial charge in [0.05, 0.1) is 12.2 Å². The first-order valence-corrected chi connectivity index (χ1v) is 5.42. The molecular weight excluding hydrogens is 204 g/mol. The minimum atomic E-state index is -0.133. The molecule has 0 saturated carbocycles. The normalized spacial score (nSPS) is 12.5. The summed E-state index contributed by atoms with van der Waals surface area (Å²) in [4.78, 5) is 13.1. The van der Waals surface area contributed by atoms with Crippen molar-refractivity contribution in [2.45, 2.75) is 19.4 Å². The third-order valence-corrected chi connectivity index (χ3v) is 2.43. The van der Waals surface area contributed by atoms with Gasteiger partial charge >= 0.3 is 0 Å². The van der Waals surface area contributed by atoms with E-state index in [1.807, 2.05) is 26.4 Å². The van der Waals surface area contributed by atoms with Crippen molar-refractivity contribution < 1.29 is 4.79 Å². The summed E-state index contributed by atoms with van der Waals surface area (Å²) in [6, 6.07) is -0.133. The summed E-state index contributed by atoms with van der Waals surface area (Å²) < 4.78 is 1.78. The molecule has 5 heteroatoms. The Hall–Kier alpha value is -1.36. The molecule has 1 aromatic heterocycles. The van der Waals surface area contributed by atoms with E-state index in [0.29, 0.717) is 0 Å². The zero-order valence-electron chi connectivity index (χ0n) is 10.4. The van der Waals surface area contributed by atoms with Crippen LogP contribution in [0.2, 0.25) is 0 Å². The van der Waals surface area contributed by atoms with Crippen LogP contribution in [0.3, 0.4) is 0 Å². The van der Waals surface area contributed by atoms with Gasteiger partial charge in [-0.25, -0.2) is 0 Å². The van der Waals surface area contributed by atoms with E-state index in [0.717, 1.165) is 13.0 Å². The minimum absolute atomic E-state index is 0.103. The second-order valence-electron chi connectivity index (χ2n) is 4.18. The summed E-state index contributed by atoms with van der Waals surface area (Å²) in [7, 11) is 5.43. The maximum Gasteiger partial charge on any atom is 0.238 e. The van der Waals surface area contributed by atoms with Gasteiger partial charge in [0.15, 0.2) is 0 Å². The van der Waals surface area contributed by atoms with Crippen LogP contribution in [0.5, 0.6) is 0 Å². The molecule has 1 unspecified atom stereocenters. The molecule has 0 bridgehead atoms. The van der Waals surface area contributed by atoms with E-state index in [1.165, 1.54) is 5.56 Å². The Labute approximate surface area is 96.4 Å². The number of amides is 1. The van der Waals surface area contributed by atoms with Crippen LogP contribution in [-0.4, -0.2) is 47.3 Å². The second kappa shape index (κ2) is 5.65. The summed E-state index contributed by atoms with van der Waals surface area (Å²) in [5, 5.41) is 7.28. The van der Waals surface area contributed by atoms with Crippen molar-refractivity contribution in [3.8, 4) is 0 Å². The highest BCUT2D eigenvalue weighted by Crippen LogP contribution is 1.97. The number of aryl methyl sites for hydroxylation is 1. The molecule has 0 fully saturated rings. The minimum Gasteiger partial charge on any atom is -0.347 e. The van der Waals surface area contributed by atoms with Crippen LogP contribution < -0.4 is 5.32 Å². The van der Waals surface area contributed by atoms with E-state index >= 15 is 0 Å². The SMILES string of the molecule is CC(NCCc1cnn(C)c1)C(=O)N(C)C. The highest BCUT2D eigenvalue weighted by molar-refractivity contribution is 5.80. The fourth-order valence-corrected chi connectivity index (χ4v) is 1.51. The third kappa shape index (κ3) is 3.66. The van der Waals surface area contributed by atoms with Crippen LogP contribution in [-0.2, 0) is 18.3 Å². The lowest BCUT2D eigenvalue weighted by Gasteiger charge is -2.17. The lowest BCUT2D eigenvalue weighted by molar-refractivity contribution is -0.130. The predicted octanol–water partition coefficient (Wildman–Crippen LogP) is 0.0289. The highest BCUT2D eigenvalue weighted by atomic mass is 16.2. The van der Waals surface area contributed by atoms with Gasteiger partial charge in [-0.05, 0) is 18.9 Å². The topological polar surface area (TPSA) is 50.2 Å². The Kier molecular flexibility index (Phi) is 4.49. The third-order valence-electron chi connectivity index (χ3n) is 2.43. The van der Waals surface area contributed by atoms with E-state index in [1.54, 1.807) is 23.7 Å². The van der Waals surface area contributed by atoms with Crippen molar-refractivity contribution in [3.05, 3.63) is 18.0 Å². The fourth-order valence-electron chi connectivity index (χ4n) is 1.51. The van der Waals surface area contributed by atoms with Gasteiger partial charge in [0.1, 0.15) is 0 Å². The van der Waals surface area contributed by atoms with Crippen molar-refractivity contribution in [1.29, 1.82) is 0 Å². The number of aromatic nitrogens is 2. The molecule has 1 N–H and O–H groups in total. The first-order chi connectivity index (χ1) is 7.50. The second-order valence-corrected chi connectivity index (χ2v) is 4.18. The van der Waals surface area contributed by atoms with Gasteiger partial charge in [-0.3, -0.25) is 9.48 Å². The van der Waals surface area contributed by atoms with Crippen molar-refractivity contribution in [1.82, 2.24) is 20.0 Å². The molecule has 5 nitrogen and oxygen atoms in total.